The zero-order chi connectivity index (χ0) is 22.9. The fourth-order valence-corrected chi connectivity index (χ4v) is 3.18. The van der Waals surface area contributed by atoms with Gasteiger partial charge in [-0.05, 0) is 53.1 Å². The number of nitrogens with zero attached hydrogens (tertiary/aromatic N) is 1. The van der Waals surface area contributed by atoms with Crippen molar-refractivity contribution in [2.75, 3.05) is 6.61 Å². The van der Waals surface area contributed by atoms with Crippen LogP contribution in [0.2, 0.25) is 0 Å². The second-order valence-corrected chi connectivity index (χ2v) is 7.29. The summed E-state index contributed by atoms with van der Waals surface area (Å²) < 4.78 is 5.63. The Hall–Kier alpha value is -4.51. The third kappa shape index (κ3) is 6.02. The van der Waals surface area contributed by atoms with Crippen molar-refractivity contribution < 1.29 is 14.3 Å². The van der Waals surface area contributed by atoms with Crippen LogP contribution in [0.15, 0.2) is 114 Å². The molecule has 4 rings (SSSR count). The molecule has 162 valence electrons. The molecule has 0 heterocycles. The van der Waals surface area contributed by atoms with E-state index < -0.39 is 0 Å². The maximum absolute atomic E-state index is 12.5. The van der Waals surface area contributed by atoms with E-state index in [-0.39, 0.29) is 18.3 Å². The summed E-state index contributed by atoms with van der Waals surface area (Å²) >= 11 is 0. The van der Waals surface area contributed by atoms with Gasteiger partial charge in [0, 0.05) is 11.1 Å². The molecule has 0 fully saturated rings. The standard InChI is InChI=1S/C28H22N2O3/c31-27(24-15-13-23(14-16-24)22-7-3-1-4-8-22)20-33-26-17-11-21(12-18-26)19-29-30-28(32)25-9-5-2-6-10-25/h1-19H,20H2,(H,30,32)/b29-19+. The van der Waals surface area contributed by atoms with Crippen molar-refractivity contribution in [3.8, 4) is 16.9 Å². The monoisotopic (exact) mass is 434 g/mol. The van der Waals surface area contributed by atoms with E-state index in [1.54, 1.807) is 54.7 Å². The molecule has 0 aliphatic carbocycles. The summed E-state index contributed by atoms with van der Waals surface area (Å²) in [5, 5.41) is 3.97. The summed E-state index contributed by atoms with van der Waals surface area (Å²) in [6.07, 6.45) is 1.55. The highest BCUT2D eigenvalue weighted by Crippen LogP contribution is 2.19. The maximum atomic E-state index is 12.5. The molecule has 0 unspecified atom stereocenters. The van der Waals surface area contributed by atoms with Gasteiger partial charge < -0.3 is 4.74 Å². The summed E-state index contributed by atoms with van der Waals surface area (Å²) in [4.78, 5) is 24.4. The number of carbonyl (C=O) groups is 2. The van der Waals surface area contributed by atoms with Crippen molar-refractivity contribution in [2.24, 2.45) is 5.10 Å². The Labute approximate surface area is 192 Å². The first-order valence-corrected chi connectivity index (χ1v) is 10.5. The second kappa shape index (κ2) is 10.7. The molecule has 4 aromatic carbocycles. The molecule has 0 aromatic heterocycles. The van der Waals surface area contributed by atoms with Crippen molar-refractivity contribution >= 4 is 17.9 Å². The quantitative estimate of drug-likeness (QED) is 0.230. The average Bonchev–Trinajstić information content (AvgIpc) is 2.89. The molecule has 0 aliphatic heterocycles. The van der Waals surface area contributed by atoms with Crippen molar-refractivity contribution in [3.63, 3.8) is 0 Å². The Bertz CT molecular complexity index is 1230. The third-order valence-corrected chi connectivity index (χ3v) is 4.98. The Morgan fingerprint density at radius 2 is 1.30 bits per heavy atom. The number of carbonyl (C=O) groups excluding carboxylic acids is 2. The summed E-state index contributed by atoms with van der Waals surface area (Å²) in [6.45, 7) is -0.0503. The Kier molecular flexibility index (Phi) is 7.03. The van der Waals surface area contributed by atoms with E-state index in [4.69, 9.17) is 4.74 Å². The van der Waals surface area contributed by atoms with Crippen LogP contribution in [0.4, 0.5) is 0 Å². The van der Waals surface area contributed by atoms with Crippen LogP contribution in [0.3, 0.4) is 0 Å². The fourth-order valence-electron chi connectivity index (χ4n) is 3.18. The zero-order valence-corrected chi connectivity index (χ0v) is 17.8. The van der Waals surface area contributed by atoms with E-state index in [1.807, 2.05) is 60.7 Å². The van der Waals surface area contributed by atoms with Gasteiger partial charge in [-0.25, -0.2) is 5.43 Å². The molecule has 4 aromatic rings. The zero-order valence-electron chi connectivity index (χ0n) is 17.8. The number of Topliss-reactive ketones (excluding diaryl/α,β-unsaturated/α-hetero) is 1. The van der Waals surface area contributed by atoms with Crippen molar-refractivity contribution in [1.82, 2.24) is 5.43 Å². The van der Waals surface area contributed by atoms with Crippen LogP contribution in [-0.4, -0.2) is 24.5 Å². The molecule has 1 N–H and O–H groups in total. The molecule has 33 heavy (non-hydrogen) atoms. The molecule has 5 heteroatoms. The van der Waals surface area contributed by atoms with Crippen LogP contribution in [-0.2, 0) is 0 Å². The van der Waals surface area contributed by atoms with Gasteiger partial charge in [0.2, 0.25) is 0 Å². The topological polar surface area (TPSA) is 67.8 Å². The normalized spacial score (nSPS) is 10.7. The van der Waals surface area contributed by atoms with Crippen molar-refractivity contribution in [1.29, 1.82) is 0 Å². The van der Waals surface area contributed by atoms with Crippen LogP contribution in [0, 0.1) is 0 Å². The Balaban J connectivity index is 1.27. The predicted octanol–water partition coefficient (Wildman–Crippen LogP) is 5.38. The van der Waals surface area contributed by atoms with Crippen LogP contribution in [0.1, 0.15) is 26.3 Å². The molecular formula is C28H22N2O3. The molecule has 0 saturated heterocycles. The number of rotatable bonds is 8. The molecule has 0 bridgehead atoms. The van der Waals surface area contributed by atoms with Gasteiger partial charge in [0.25, 0.3) is 5.91 Å². The van der Waals surface area contributed by atoms with E-state index in [9.17, 15) is 9.59 Å². The van der Waals surface area contributed by atoms with Gasteiger partial charge in [-0.15, -0.1) is 0 Å². The lowest BCUT2D eigenvalue weighted by Gasteiger charge is -2.07. The van der Waals surface area contributed by atoms with Gasteiger partial charge in [0.05, 0.1) is 6.21 Å². The van der Waals surface area contributed by atoms with Crippen LogP contribution in [0.5, 0.6) is 5.75 Å². The number of hydrogen-bond donors (Lipinski definition) is 1. The SMILES string of the molecule is O=C(COc1ccc(/C=N/NC(=O)c2ccccc2)cc1)c1ccc(-c2ccccc2)cc1. The van der Waals surface area contributed by atoms with E-state index in [1.165, 1.54) is 0 Å². The molecule has 0 saturated carbocycles. The fraction of sp³-hybridized carbons (Fsp3) is 0.0357. The van der Waals surface area contributed by atoms with E-state index in [2.05, 4.69) is 10.5 Å². The van der Waals surface area contributed by atoms with Gasteiger partial charge in [0.15, 0.2) is 12.4 Å². The van der Waals surface area contributed by atoms with E-state index >= 15 is 0 Å². The Morgan fingerprint density at radius 1 is 0.697 bits per heavy atom. The molecule has 5 nitrogen and oxygen atoms in total. The third-order valence-electron chi connectivity index (χ3n) is 4.98. The minimum Gasteiger partial charge on any atom is -0.485 e. The number of hydrogen-bond acceptors (Lipinski definition) is 4. The predicted molar refractivity (Wildman–Crippen MR) is 130 cm³/mol. The van der Waals surface area contributed by atoms with Crippen LogP contribution < -0.4 is 10.2 Å². The van der Waals surface area contributed by atoms with Crippen LogP contribution in [0.25, 0.3) is 11.1 Å². The van der Waals surface area contributed by atoms with Gasteiger partial charge in [-0.3, -0.25) is 9.59 Å². The van der Waals surface area contributed by atoms with Gasteiger partial charge in [-0.1, -0.05) is 72.8 Å². The van der Waals surface area contributed by atoms with Crippen molar-refractivity contribution in [2.45, 2.75) is 0 Å². The van der Waals surface area contributed by atoms with E-state index in [0.717, 1.165) is 16.7 Å². The lowest BCUT2D eigenvalue weighted by atomic mass is 10.0. The highest BCUT2D eigenvalue weighted by Gasteiger charge is 2.08. The summed E-state index contributed by atoms with van der Waals surface area (Å²) in [6, 6.07) is 33.5. The number of hydrazone groups is 1. The summed E-state index contributed by atoms with van der Waals surface area (Å²) in [5.41, 5.74) is 6.59. The van der Waals surface area contributed by atoms with E-state index in [0.29, 0.717) is 16.9 Å². The molecule has 1 amide bonds. The summed E-state index contributed by atoms with van der Waals surface area (Å²) in [5.74, 6) is 0.209. The number of ether oxygens (including phenoxy) is 1. The Morgan fingerprint density at radius 3 is 1.97 bits per heavy atom. The lowest BCUT2D eigenvalue weighted by Crippen LogP contribution is -2.17. The molecule has 0 atom stereocenters. The lowest BCUT2D eigenvalue weighted by molar-refractivity contribution is 0.0920. The first kappa shape index (κ1) is 21.7. The second-order valence-electron chi connectivity index (χ2n) is 7.29. The van der Waals surface area contributed by atoms with Gasteiger partial charge >= 0.3 is 0 Å². The minimum absolute atomic E-state index is 0.0503. The molecule has 0 radical (unpaired) electrons. The average molecular weight is 434 g/mol. The highest BCUT2D eigenvalue weighted by atomic mass is 16.5. The number of benzene rings is 4. The van der Waals surface area contributed by atoms with Crippen LogP contribution >= 0.6 is 0 Å². The van der Waals surface area contributed by atoms with Crippen molar-refractivity contribution in [3.05, 3.63) is 126 Å². The maximum Gasteiger partial charge on any atom is 0.271 e. The summed E-state index contributed by atoms with van der Waals surface area (Å²) in [7, 11) is 0. The first-order chi connectivity index (χ1) is 16.2. The largest absolute Gasteiger partial charge is 0.485 e. The smallest absolute Gasteiger partial charge is 0.271 e. The van der Waals surface area contributed by atoms with Gasteiger partial charge in [0.1, 0.15) is 5.75 Å². The number of nitrogens with one attached hydrogen (secondary N) is 1. The molecule has 0 spiro atoms. The molecular weight excluding hydrogens is 412 g/mol. The van der Waals surface area contributed by atoms with Gasteiger partial charge in [-0.2, -0.15) is 5.10 Å². The molecule has 0 aliphatic rings. The highest BCUT2D eigenvalue weighted by molar-refractivity contribution is 5.97. The minimum atomic E-state index is -0.276. The number of ketones is 1. The first-order valence-electron chi connectivity index (χ1n) is 10.5. The number of amides is 1.